The fourth-order valence-corrected chi connectivity index (χ4v) is 3.96. The van der Waals surface area contributed by atoms with E-state index in [4.69, 9.17) is 4.74 Å². The number of rotatable bonds is 5. The second kappa shape index (κ2) is 7.05. The highest BCUT2D eigenvalue weighted by atomic mass is 16.5. The molecule has 2 N–H and O–H groups in total. The molecule has 1 fully saturated rings. The van der Waals surface area contributed by atoms with Gasteiger partial charge in [-0.3, -0.25) is 0 Å². The van der Waals surface area contributed by atoms with Gasteiger partial charge in [-0.15, -0.1) is 0 Å². The summed E-state index contributed by atoms with van der Waals surface area (Å²) < 4.78 is 7.59. The van der Waals surface area contributed by atoms with Gasteiger partial charge in [0.2, 0.25) is 0 Å². The molecule has 24 heavy (non-hydrogen) atoms. The molecule has 2 aromatic rings. The summed E-state index contributed by atoms with van der Waals surface area (Å²) in [6.07, 6.45) is 8.26. The molecule has 128 valence electrons. The molecule has 4 rings (SSSR count). The molecule has 0 saturated heterocycles. The molecular formula is C19H25N3O2. The van der Waals surface area contributed by atoms with Crippen molar-refractivity contribution in [2.75, 3.05) is 6.61 Å². The number of nitrogens with one attached hydrogen (secondary N) is 1. The molecule has 0 radical (unpaired) electrons. The first-order chi connectivity index (χ1) is 11.8. The number of aliphatic hydroxyl groups is 1. The van der Waals surface area contributed by atoms with Gasteiger partial charge in [-0.1, -0.05) is 18.2 Å². The van der Waals surface area contributed by atoms with Gasteiger partial charge < -0.3 is 19.7 Å². The van der Waals surface area contributed by atoms with E-state index in [1.54, 1.807) is 0 Å². The predicted molar refractivity (Wildman–Crippen MR) is 91.4 cm³/mol. The summed E-state index contributed by atoms with van der Waals surface area (Å²) in [5, 5.41) is 13.9. The van der Waals surface area contributed by atoms with Gasteiger partial charge in [-0.2, -0.15) is 0 Å². The van der Waals surface area contributed by atoms with Crippen molar-refractivity contribution in [3.05, 3.63) is 53.6 Å². The Morgan fingerprint density at radius 3 is 3.12 bits per heavy atom. The average Bonchev–Trinajstić information content (AvgIpc) is 3.23. The zero-order valence-corrected chi connectivity index (χ0v) is 13.9. The van der Waals surface area contributed by atoms with Crippen molar-refractivity contribution in [2.24, 2.45) is 5.92 Å². The van der Waals surface area contributed by atoms with Gasteiger partial charge in [-0.05, 0) is 41.9 Å². The Kier molecular flexibility index (Phi) is 4.65. The maximum absolute atomic E-state index is 10.4. The Hall–Kier alpha value is -1.69. The quantitative estimate of drug-likeness (QED) is 0.880. The zero-order chi connectivity index (χ0) is 16.4. The third kappa shape index (κ3) is 3.53. The highest BCUT2D eigenvalue weighted by Crippen LogP contribution is 2.28. The SMILES string of the molecule is O[C@@H]1CC(Cn2ccnc2)C[C@H]1NCc1ccc2c(c1)CCOC2. The maximum atomic E-state index is 10.4. The molecule has 5 heteroatoms. The monoisotopic (exact) mass is 327 g/mol. The fraction of sp³-hybridized carbons (Fsp3) is 0.526. The summed E-state index contributed by atoms with van der Waals surface area (Å²) in [5.74, 6) is 0.507. The van der Waals surface area contributed by atoms with E-state index >= 15 is 0 Å². The lowest BCUT2D eigenvalue weighted by Gasteiger charge is -2.19. The van der Waals surface area contributed by atoms with Crippen molar-refractivity contribution in [1.29, 1.82) is 0 Å². The van der Waals surface area contributed by atoms with Gasteiger partial charge in [0.25, 0.3) is 0 Å². The third-order valence-electron chi connectivity index (χ3n) is 5.27. The molecule has 0 bridgehead atoms. The van der Waals surface area contributed by atoms with E-state index in [1.165, 1.54) is 16.7 Å². The highest BCUT2D eigenvalue weighted by molar-refractivity contribution is 5.33. The number of hydrogen-bond donors (Lipinski definition) is 2. The van der Waals surface area contributed by atoms with Crippen LogP contribution in [0.2, 0.25) is 0 Å². The summed E-state index contributed by atoms with van der Waals surface area (Å²) in [4.78, 5) is 4.09. The number of ether oxygens (including phenoxy) is 1. The standard InChI is InChI=1S/C19H25N3O2/c23-19-9-15(11-22-5-4-20-13-22)8-18(19)21-10-14-1-2-17-12-24-6-3-16(17)7-14/h1-2,4-5,7,13,15,18-19,21,23H,3,6,8-12H2/t15?,18-,19-/m1/s1. The smallest absolute Gasteiger partial charge is 0.0945 e. The number of benzene rings is 1. The molecule has 1 aliphatic heterocycles. The van der Waals surface area contributed by atoms with Crippen molar-refractivity contribution in [3.8, 4) is 0 Å². The molecule has 1 saturated carbocycles. The maximum Gasteiger partial charge on any atom is 0.0945 e. The highest BCUT2D eigenvalue weighted by Gasteiger charge is 2.32. The van der Waals surface area contributed by atoms with Gasteiger partial charge in [0.1, 0.15) is 0 Å². The van der Waals surface area contributed by atoms with Crippen LogP contribution < -0.4 is 5.32 Å². The van der Waals surface area contributed by atoms with E-state index in [-0.39, 0.29) is 12.1 Å². The van der Waals surface area contributed by atoms with E-state index in [9.17, 15) is 5.11 Å². The molecule has 1 unspecified atom stereocenters. The van der Waals surface area contributed by atoms with Gasteiger partial charge in [-0.25, -0.2) is 4.98 Å². The van der Waals surface area contributed by atoms with Crippen LogP contribution in [0.15, 0.2) is 36.9 Å². The van der Waals surface area contributed by atoms with E-state index < -0.39 is 0 Å². The Labute approximate surface area is 142 Å². The van der Waals surface area contributed by atoms with Crippen LogP contribution in [0.25, 0.3) is 0 Å². The Balaban J connectivity index is 1.32. The van der Waals surface area contributed by atoms with E-state index in [1.807, 2.05) is 18.7 Å². The normalized spacial score (nSPS) is 26.5. The van der Waals surface area contributed by atoms with Crippen molar-refractivity contribution in [1.82, 2.24) is 14.9 Å². The van der Waals surface area contributed by atoms with Crippen LogP contribution in [0.5, 0.6) is 0 Å². The summed E-state index contributed by atoms with van der Waals surface area (Å²) >= 11 is 0. The lowest BCUT2D eigenvalue weighted by molar-refractivity contribution is 0.110. The summed E-state index contributed by atoms with van der Waals surface area (Å²) in [6.45, 7) is 3.31. The second-order valence-electron chi connectivity index (χ2n) is 7.06. The van der Waals surface area contributed by atoms with Crippen molar-refractivity contribution < 1.29 is 9.84 Å². The molecule has 1 aromatic carbocycles. The Bertz CT molecular complexity index is 671. The molecule has 1 aromatic heterocycles. The molecule has 5 nitrogen and oxygen atoms in total. The zero-order valence-electron chi connectivity index (χ0n) is 13.9. The van der Waals surface area contributed by atoms with Crippen LogP contribution in [0.1, 0.15) is 29.5 Å². The van der Waals surface area contributed by atoms with Crippen LogP contribution in [-0.2, 0) is 30.9 Å². The minimum absolute atomic E-state index is 0.179. The lowest BCUT2D eigenvalue weighted by atomic mass is 10.00. The Morgan fingerprint density at radius 1 is 1.29 bits per heavy atom. The Morgan fingerprint density at radius 2 is 2.25 bits per heavy atom. The third-order valence-corrected chi connectivity index (χ3v) is 5.27. The largest absolute Gasteiger partial charge is 0.391 e. The number of aliphatic hydroxyl groups excluding tert-OH is 1. The first-order valence-electron chi connectivity index (χ1n) is 8.83. The summed E-state index contributed by atoms with van der Waals surface area (Å²) in [5.41, 5.74) is 4.01. The summed E-state index contributed by atoms with van der Waals surface area (Å²) in [7, 11) is 0. The number of nitrogens with zero attached hydrogens (tertiary/aromatic N) is 2. The summed E-state index contributed by atoms with van der Waals surface area (Å²) in [6, 6.07) is 6.82. The van der Waals surface area contributed by atoms with E-state index in [2.05, 4.69) is 33.1 Å². The number of hydrogen-bond acceptors (Lipinski definition) is 4. The van der Waals surface area contributed by atoms with Gasteiger partial charge >= 0.3 is 0 Å². The molecule has 0 amide bonds. The molecular weight excluding hydrogens is 302 g/mol. The van der Waals surface area contributed by atoms with Crippen molar-refractivity contribution in [2.45, 2.75) is 51.1 Å². The number of aromatic nitrogens is 2. The minimum atomic E-state index is -0.260. The van der Waals surface area contributed by atoms with E-state index in [0.717, 1.165) is 45.6 Å². The first kappa shape index (κ1) is 15.8. The van der Waals surface area contributed by atoms with Crippen molar-refractivity contribution >= 4 is 0 Å². The molecule has 2 aliphatic rings. The average molecular weight is 327 g/mol. The molecule has 0 spiro atoms. The molecule has 2 heterocycles. The van der Waals surface area contributed by atoms with Crippen LogP contribution in [0.4, 0.5) is 0 Å². The number of imidazole rings is 1. The predicted octanol–water partition coefficient (Wildman–Crippen LogP) is 1.89. The van der Waals surface area contributed by atoms with E-state index in [0.29, 0.717) is 5.92 Å². The topological polar surface area (TPSA) is 59.3 Å². The van der Waals surface area contributed by atoms with Crippen LogP contribution in [0, 0.1) is 5.92 Å². The lowest BCUT2D eigenvalue weighted by Crippen LogP contribution is -2.35. The van der Waals surface area contributed by atoms with Gasteiger partial charge in [0.05, 0.1) is 25.6 Å². The van der Waals surface area contributed by atoms with Crippen LogP contribution in [0.3, 0.4) is 0 Å². The van der Waals surface area contributed by atoms with Gasteiger partial charge in [0, 0.05) is 31.5 Å². The second-order valence-corrected chi connectivity index (χ2v) is 7.06. The van der Waals surface area contributed by atoms with Crippen molar-refractivity contribution in [3.63, 3.8) is 0 Å². The molecule has 3 atom stereocenters. The van der Waals surface area contributed by atoms with Crippen LogP contribution in [-0.4, -0.2) is 33.4 Å². The molecule has 1 aliphatic carbocycles. The fourth-order valence-electron chi connectivity index (χ4n) is 3.96. The number of fused-ring (bicyclic) bond motifs is 1. The minimum Gasteiger partial charge on any atom is -0.391 e. The van der Waals surface area contributed by atoms with Gasteiger partial charge in [0.15, 0.2) is 0 Å². The first-order valence-corrected chi connectivity index (χ1v) is 8.83. The van der Waals surface area contributed by atoms with Crippen LogP contribution >= 0.6 is 0 Å².